The summed E-state index contributed by atoms with van der Waals surface area (Å²) < 4.78 is 16.9. The highest BCUT2D eigenvalue weighted by Gasteiger charge is 2.41. The van der Waals surface area contributed by atoms with E-state index in [2.05, 4.69) is 34.3 Å². The first-order valence-corrected chi connectivity index (χ1v) is 12.6. The van der Waals surface area contributed by atoms with Crippen molar-refractivity contribution in [2.75, 3.05) is 53.6 Å². The second-order valence-corrected chi connectivity index (χ2v) is 9.70. The quantitative estimate of drug-likeness (QED) is 0.643. The van der Waals surface area contributed by atoms with Crippen LogP contribution >= 0.6 is 0 Å². The molecule has 2 aromatic rings. The summed E-state index contributed by atoms with van der Waals surface area (Å²) in [6.45, 7) is 4.35. The summed E-state index contributed by atoms with van der Waals surface area (Å²) in [6.07, 6.45) is 3.73. The Hall–Kier alpha value is -3.52. The number of carbonyl (C=O) groups excluding carboxylic acids is 1. The predicted octanol–water partition coefficient (Wildman–Crippen LogP) is 2.99. The summed E-state index contributed by atoms with van der Waals surface area (Å²) in [5.41, 5.74) is 5.21. The molecule has 188 valence electrons. The molecule has 0 N–H and O–H groups in total. The van der Waals surface area contributed by atoms with Crippen LogP contribution in [0.15, 0.2) is 47.1 Å². The molecule has 3 heterocycles. The Labute approximate surface area is 211 Å². The maximum Gasteiger partial charge on any atom is 0.249 e. The Morgan fingerprint density at radius 2 is 1.83 bits per heavy atom. The van der Waals surface area contributed by atoms with E-state index in [9.17, 15) is 4.79 Å². The number of rotatable bonds is 5. The Morgan fingerprint density at radius 3 is 2.64 bits per heavy atom. The average molecular weight is 490 g/mol. The third-order valence-electron chi connectivity index (χ3n) is 7.69. The van der Waals surface area contributed by atoms with E-state index in [-0.39, 0.29) is 17.9 Å². The molecule has 4 aliphatic rings. The summed E-state index contributed by atoms with van der Waals surface area (Å²) in [7, 11) is 3.23. The number of fused-ring (bicyclic) bond motifs is 4. The van der Waals surface area contributed by atoms with Gasteiger partial charge in [-0.15, -0.1) is 0 Å². The first-order chi connectivity index (χ1) is 17.6. The number of oxime groups is 1. The van der Waals surface area contributed by atoms with Crippen LogP contribution in [-0.2, 0) is 16.1 Å². The van der Waals surface area contributed by atoms with Gasteiger partial charge < -0.3 is 23.9 Å². The van der Waals surface area contributed by atoms with E-state index in [0.29, 0.717) is 18.1 Å². The van der Waals surface area contributed by atoms with E-state index in [4.69, 9.17) is 19.0 Å². The summed E-state index contributed by atoms with van der Waals surface area (Å²) in [5, 5.41) is 4.44. The van der Waals surface area contributed by atoms with Crippen molar-refractivity contribution in [2.45, 2.75) is 18.9 Å². The van der Waals surface area contributed by atoms with E-state index in [1.807, 2.05) is 23.1 Å². The zero-order valence-corrected chi connectivity index (χ0v) is 20.7. The minimum Gasteiger partial charge on any atom is -0.493 e. The molecule has 6 rings (SSSR count). The van der Waals surface area contributed by atoms with Crippen LogP contribution in [0.3, 0.4) is 0 Å². The fraction of sp³-hybridized carbons (Fsp3) is 0.429. The minimum atomic E-state index is -0.0824. The number of carbonyl (C=O) groups is 1. The lowest BCUT2D eigenvalue weighted by Gasteiger charge is -2.37. The normalized spacial score (nSPS) is 22.8. The lowest BCUT2D eigenvalue weighted by atomic mass is 9.90. The van der Waals surface area contributed by atoms with Crippen LogP contribution in [0.4, 0.5) is 0 Å². The lowest BCUT2D eigenvalue weighted by molar-refractivity contribution is -0.129. The molecule has 1 fully saturated rings. The van der Waals surface area contributed by atoms with Gasteiger partial charge in [-0.3, -0.25) is 9.69 Å². The molecule has 0 radical (unpaired) electrons. The van der Waals surface area contributed by atoms with Crippen LogP contribution in [0, 0.1) is 5.92 Å². The lowest BCUT2D eigenvalue weighted by Crippen LogP contribution is -2.52. The van der Waals surface area contributed by atoms with Gasteiger partial charge >= 0.3 is 0 Å². The molecule has 3 aliphatic heterocycles. The zero-order chi connectivity index (χ0) is 24.6. The minimum absolute atomic E-state index is 0.0581. The van der Waals surface area contributed by atoms with Crippen molar-refractivity contribution in [3.63, 3.8) is 0 Å². The molecule has 0 spiro atoms. The van der Waals surface area contributed by atoms with Crippen LogP contribution in [0.25, 0.3) is 6.08 Å². The Bertz CT molecular complexity index is 1230. The smallest absolute Gasteiger partial charge is 0.249 e. The number of methoxy groups -OCH3 is 2. The summed E-state index contributed by atoms with van der Waals surface area (Å²) in [6, 6.07) is 12.1. The van der Waals surface area contributed by atoms with Crippen LogP contribution < -0.4 is 14.2 Å². The van der Waals surface area contributed by atoms with Crippen molar-refractivity contribution >= 4 is 17.7 Å². The molecule has 2 unspecified atom stereocenters. The molecule has 8 nitrogen and oxygen atoms in total. The number of nitrogens with zero attached hydrogens (tertiary/aromatic N) is 3. The third kappa shape index (κ3) is 4.09. The highest BCUT2D eigenvalue weighted by molar-refractivity contribution is 6.06. The fourth-order valence-corrected chi connectivity index (χ4v) is 5.59. The van der Waals surface area contributed by atoms with Gasteiger partial charge in [0.1, 0.15) is 18.1 Å². The number of hydrogen-bond acceptors (Lipinski definition) is 7. The van der Waals surface area contributed by atoms with Crippen LogP contribution in [0.2, 0.25) is 0 Å². The Morgan fingerprint density at radius 1 is 1.06 bits per heavy atom. The maximum atomic E-state index is 13.2. The standard InChI is InChI=1S/C28H31N3O5/c1-33-24-14-21-23(15-25(24)34-2)35-17-22-26(36-29-27(21)22)16-30-9-11-31(12-10-30)28(32)20-8-7-18-5-3-4-6-19(18)13-20/h3-6,13-15,22,26H,7-12,16-17H2,1-2H3. The molecular weight excluding hydrogens is 458 g/mol. The largest absolute Gasteiger partial charge is 0.493 e. The molecule has 0 saturated carbocycles. The predicted molar refractivity (Wildman–Crippen MR) is 136 cm³/mol. The molecule has 1 amide bonds. The van der Waals surface area contributed by atoms with Crippen molar-refractivity contribution < 1.29 is 23.8 Å². The Balaban J connectivity index is 1.07. The number of hydrogen-bond donors (Lipinski definition) is 0. The van der Waals surface area contributed by atoms with Crippen LogP contribution in [0.5, 0.6) is 17.2 Å². The molecule has 1 saturated heterocycles. The number of piperazine rings is 1. The molecule has 2 atom stereocenters. The Kier molecular flexibility index (Phi) is 6.05. The molecule has 36 heavy (non-hydrogen) atoms. The van der Waals surface area contributed by atoms with Crippen molar-refractivity contribution in [2.24, 2.45) is 11.1 Å². The van der Waals surface area contributed by atoms with Gasteiger partial charge in [-0.1, -0.05) is 29.4 Å². The average Bonchev–Trinajstić information content (AvgIpc) is 3.34. The van der Waals surface area contributed by atoms with Gasteiger partial charge in [0.15, 0.2) is 17.6 Å². The van der Waals surface area contributed by atoms with E-state index in [1.165, 1.54) is 11.1 Å². The SMILES string of the molecule is COc1cc2c(cc1OC)C1=NOC(CN3CCN(C(=O)C4=Cc5ccccc5CC4)CC3)C1CO2. The first kappa shape index (κ1) is 22.9. The molecule has 0 aromatic heterocycles. The third-order valence-corrected chi connectivity index (χ3v) is 7.69. The van der Waals surface area contributed by atoms with E-state index in [1.54, 1.807) is 14.2 Å². The van der Waals surface area contributed by atoms with Gasteiger partial charge in [0.2, 0.25) is 5.91 Å². The van der Waals surface area contributed by atoms with E-state index in [0.717, 1.165) is 68.2 Å². The number of aryl methyl sites for hydroxylation is 1. The van der Waals surface area contributed by atoms with Crippen LogP contribution in [0.1, 0.15) is 23.1 Å². The second-order valence-electron chi connectivity index (χ2n) is 9.70. The van der Waals surface area contributed by atoms with Gasteiger partial charge in [0.25, 0.3) is 0 Å². The molecular formula is C28H31N3O5. The first-order valence-electron chi connectivity index (χ1n) is 12.6. The van der Waals surface area contributed by atoms with E-state index < -0.39 is 0 Å². The highest BCUT2D eigenvalue weighted by atomic mass is 16.6. The molecule has 1 aliphatic carbocycles. The van der Waals surface area contributed by atoms with Gasteiger partial charge in [0, 0.05) is 49.9 Å². The summed E-state index contributed by atoms with van der Waals surface area (Å²) in [5.74, 6) is 2.24. The topological polar surface area (TPSA) is 72.8 Å². The zero-order valence-electron chi connectivity index (χ0n) is 20.7. The van der Waals surface area contributed by atoms with Gasteiger partial charge in [-0.05, 0) is 36.1 Å². The number of benzene rings is 2. The van der Waals surface area contributed by atoms with E-state index >= 15 is 0 Å². The van der Waals surface area contributed by atoms with Crippen molar-refractivity contribution in [1.82, 2.24) is 9.80 Å². The second kappa shape index (κ2) is 9.50. The van der Waals surface area contributed by atoms with Crippen molar-refractivity contribution in [3.8, 4) is 17.2 Å². The van der Waals surface area contributed by atoms with Gasteiger partial charge in [-0.2, -0.15) is 0 Å². The van der Waals surface area contributed by atoms with Crippen molar-refractivity contribution in [3.05, 3.63) is 58.7 Å². The van der Waals surface area contributed by atoms with Gasteiger partial charge in [-0.25, -0.2) is 0 Å². The van der Waals surface area contributed by atoms with Crippen molar-refractivity contribution in [1.29, 1.82) is 0 Å². The molecule has 2 aromatic carbocycles. The molecule has 0 bridgehead atoms. The van der Waals surface area contributed by atoms with Gasteiger partial charge in [0.05, 0.1) is 20.1 Å². The molecule has 8 heteroatoms. The monoisotopic (exact) mass is 489 g/mol. The van der Waals surface area contributed by atoms with Crippen LogP contribution in [-0.4, -0.2) is 81.1 Å². The fourth-order valence-electron chi connectivity index (χ4n) is 5.59. The maximum absolute atomic E-state index is 13.2. The summed E-state index contributed by atoms with van der Waals surface area (Å²) >= 11 is 0. The summed E-state index contributed by atoms with van der Waals surface area (Å²) in [4.78, 5) is 23.4. The number of ether oxygens (including phenoxy) is 3. The number of amides is 1. The highest BCUT2D eigenvalue weighted by Crippen LogP contribution is 2.41.